The fourth-order valence-corrected chi connectivity index (χ4v) is 8.07. The molecule has 4 aliphatic rings. The molecule has 1 aliphatic heterocycles. The molecular formula is C35H55NO11. The molecule has 2 bridgehead atoms. The van der Waals surface area contributed by atoms with Crippen LogP contribution >= 0.6 is 0 Å². The lowest BCUT2D eigenvalue weighted by Crippen LogP contribution is -2.74. The quantitative estimate of drug-likeness (QED) is 0.104. The van der Waals surface area contributed by atoms with Gasteiger partial charge in [-0.25, -0.2) is 0 Å². The summed E-state index contributed by atoms with van der Waals surface area (Å²) in [4.78, 5) is 0. The van der Waals surface area contributed by atoms with Gasteiger partial charge in [-0.3, -0.25) is 0 Å². The molecule has 5 rings (SSSR count). The Morgan fingerprint density at radius 3 is 1.98 bits per heavy atom. The Hall–Kier alpha value is -1.84. The van der Waals surface area contributed by atoms with Crippen LogP contribution in [0.3, 0.4) is 0 Å². The Morgan fingerprint density at radius 2 is 1.40 bits per heavy atom. The van der Waals surface area contributed by atoms with Crippen molar-refractivity contribution in [2.45, 2.75) is 61.4 Å². The molecular weight excluding hydrogens is 610 g/mol. The summed E-state index contributed by atoms with van der Waals surface area (Å²) in [7, 11) is 1.65. The monoisotopic (exact) mass is 665 g/mol. The molecule has 1 heterocycles. The zero-order valence-electron chi connectivity index (χ0n) is 28.0. The van der Waals surface area contributed by atoms with Crippen molar-refractivity contribution in [2.24, 2.45) is 5.92 Å². The number of ether oxygens (including phenoxy) is 9. The Kier molecular flexibility index (Phi) is 14.1. The summed E-state index contributed by atoms with van der Waals surface area (Å²) in [6, 6.07) is 3.93. The molecule has 1 spiro atoms. The zero-order valence-corrected chi connectivity index (χ0v) is 28.0. The summed E-state index contributed by atoms with van der Waals surface area (Å²) >= 11 is 0. The Labute approximate surface area is 278 Å². The van der Waals surface area contributed by atoms with Crippen LogP contribution in [0.25, 0.3) is 0 Å². The molecule has 3 aliphatic carbocycles. The molecule has 266 valence electrons. The number of aromatic hydroxyl groups is 1. The second kappa shape index (κ2) is 18.2. The fourth-order valence-electron chi connectivity index (χ4n) is 8.07. The van der Waals surface area contributed by atoms with Crippen molar-refractivity contribution in [3.8, 4) is 11.5 Å². The summed E-state index contributed by atoms with van der Waals surface area (Å²) in [5.74, 6) is 0.725. The van der Waals surface area contributed by atoms with Gasteiger partial charge in [0.05, 0.1) is 110 Å². The van der Waals surface area contributed by atoms with Gasteiger partial charge in [0, 0.05) is 31.2 Å². The van der Waals surface area contributed by atoms with Crippen LogP contribution in [0.4, 0.5) is 0 Å². The Morgan fingerprint density at radius 1 is 0.830 bits per heavy atom. The van der Waals surface area contributed by atoms with Crippen LogP contribution in [-0.2, 0) is 49.7 Å². The molecule has 0 radical (unpaired) electrons. The van der Waals surface area contributed by atoms with Crippen molar-refractivity contribution in [3.05, 3.63) is 35.9 Å². The highest BCUT2D eigenvalue weighted by molar-refractivity contribution is 5.62. The van der Waals surface area contributed by atoms with Gasteiger partial charge in [-0.05, 0) is 43.7 Å². The number of hydrogen-bond donors (Lipinski definition) is 3. The molecule has 0 saturated heterocycles. The molecule has 3 N–H and O–H groups in total. The largest absolute Gasteiger partial charge is 0.504 e. The molecule has 12 heteroatoms. The van der Waals surface area contributed by atoms with Crippen LogP contribution < -0.4 is 10.1 Å². The molecule has 47 heavy (non-hydrogen) atoms. The lowest BCUT2D eigenvalue weighted by molar-refractivity contribution is -0.211. The van der Waals surface area contributed by atoms with Crippen molar-refractivity contribution in [2.75, 3.05) is 106 Å². The first-order valence-corrected chi connectivity index (χ1v) is 17.2. The molecule has 1 unspecified atom stereocenters. The van der Waals surface area contributed by atoms with E-state index in [-0.39, 0.29) is 29.9 Å². The van der Waals surface area contributed by atoms with Crippen LogP contribution in [0.2, 0.25) is 0 Å². The van der Waals surface area contributed by atoms with E-state index in [2.05, 4.69) is 11.9 Å². The van der Waals surface area contributed by atoms with E-state index in [1.807, 2.05) is 12.1 Å². The molecule has 2 fully saturated rings. The van der Waals surface area contributed by atoms with Crippen LogP contribution in [0.5, 0.6) is 11.5 Å². The first-order valence-electron chi connectivity index (χ1n) is 17.2. The molecule has 1 aromatic carbocycles. The van der Waals surface area contributed by atoms with Crippen molar-refractivity contribution in [3.63, 3.8) is 0 Å². The minimum atomic E-state index is -0.930. The third-order valence-corrected chi connectivity index (χ3v) is 10.1. The highest BCUT2D eigenvalue weighted by atomic mass is 16.6. The van der Waals surface area contributed by atoms with Crippen LogP contribution in [0.1, 0.15) is 36.8 Å². The first kappa shape index (κ1) is 36.4. The number of phenols is 1. The van der Waals surface area contributed by atoms with Crippen LogP contribution in [0, 0.1) is 5.92 Å². The summed E-state index contributed by atoms with van der Waals surface area (Å²) in [5.41, 5.74) is 0.648. The number of methoxy groups -OCH3 is 1. The van der Waals surface area contributed by atoms with Crippen molar-refractivity contribution < 1.29 is 52.8 Å². The van der Waals surface area contributed by atoms with Gasteiger partial charge in [0.1, 0.15) is 6.10 Å². The predicted octanol–water partition coefficient (Wildman–Crippen LogP) is 2.16. The third kappa shape index (κ3) is 8.31. The van der Waals surface area contributed by atoms with Crippen LogP contribution in [-0.4, -0.2) is 140 Å². The van der Waals surface area contributed by atoms with Gasteiger partial charge in [0.25, 0.3) is 0 Å². The number of nitrogens with one attached hydrogen (secondary N) is 1. The first-order chi connectivity index (χ1) is 23.1. The SMILES string of the molecule is C=CCNC1CC[C@]23c4c5ccc(O)c4O[C@H]2[C@@H](OCCOCCOCCOCCOCCOCCOCCOC)CC[C@@]3(O)[C@H]1C5. The van der Waals surface area contributed by atoms with E-state index in [1.54, 1.807) is 13.2 Å². The molecule has 0 amide bonds. The summed E-state index contributed by atoms with van der Waals surface area (Å²) in [6.45, 7) is 11.6. The topological polar surface area (TPSA) is 136 Å². The van der Waals surface area contributed by atoms with Gasteiger partial charge in [0.2, 0.25) is 0 Å². The number of benzene rings is 1. The maximum absolute atomic E-state index is 12.5. The third-order valence-electron chi connectivity index (χ3n) is 10.1. The number of aliphatic hydroxyl groups is 1. The smallest absolute Gasteiger partial charge is 0.165 e. The van der Waals surface area contributed by atoms with Crippen molar-refractivity contribution in [1.29, 1.82) is 0 Å². The fraction of sp³-hybridized carbons (Fsp3) is 0.771. The maximum atomic E-state index is 12.5. The second-order valence-electron chi connectivity index (χ2n) is 12.6. The Bertz CT molecular complexity index is 1110. The minimum absolute atomic E-state index is 0.0567. The van der Waals surface area contributed by atoms with E-state index in [1.165, 1.54) is 5.56 Å². The molecule has 1 aromatic rings. The van der Waals surface area contributed by atoms with Crippen molar-refractivity contribution in [1.82, 2.24) is 5.32 Å². The van der Waals surface area contributed by atoms with E-state index in [0.29, 0.717) is 118 Å². The van der Waals surface area contributed by atoms with Gasteiger partial charge in [0.15, 0.2) is 11.5 Å². The summed E-state index contributed by atoms with van der Waals surface area (Å²) in [5, 5.41) is 26.9. The molecule has 0 aromatic heterocycles. The van der Waals surface area contributed by atoms with Gasteiger partial charge in [-0.1, -0.05) is 12.1 Å². The van der Waals surface area contributed by atoms with Gasteiger partial charge in [-0.2, -0.15) is 0 Å². The lowest BCUT2D eigenvalue weighted by Gasteiger charge is -2.63. The zero-order chi connectivity index (χ0) is 33.0. The average Bonchev–Trinajstić information content (AvgIpc) is 3.43. The van der Waals surface area contributed by atoms with Crippen molar-refractivity contribution >= 4 is 0 Å². The van der Waals surface area contributed by atoms with Gasteiger partial charge < -0.3 is 58.2 Å². The second-order valence-corrected chi connectivity index (χ2v) is 12.6. The maximum Gasteiger partial charge on any atom is 0.165 e. The number of rotatable bonds is 25. The lowest BCUT2D eigenvalue weighted by atomic mass is 9.44. The Balaban J connectivity index is 0.939. The van der Waals surface area contributed by atoms with E-state index in [9.17, 15) is 10.2 Å². The molecule has 6 atom stereocenters. The van der Waals surface area contributed by atoms with Gasteiger partial charge in [-0.15, -0.1) is 6.58 Å². The predicted molar refractivity (Wildman–Crippen MR) is 173 cm³/mol. The summed E-state index contributed by atoms with van der Waals surface area (Å²) in [6.07, 6.45) is 5.09. The van der Waals surface area contributed by atoms with Crippen LogP contribution in [0.15, 0.2) is 24.8 Å². The highest BCUT2D eigenvalue weighted by Crippen LogP contribution is 2.67. The van der Waals surface area contributed by atoms with E-state index < -0.39 is 11.0 Å². The van der Waals surface area contributed by atoms with E-state index >= 15 is 0 Å². The van der Waals surface area contributed by atoms with E-state index in [4.69, 9.17) is 42.6 Å². The standard InChI is InChI=1S/C35H55NO11/c1-3-10-36-28-6-8-34-31-26-4-5-29(37)32(31)47-33(34)30(7-9-35(34,38)27(28)25-26)46-24-23-45-22-21-44-20-19-43-18-17-42-16-15-41-14-13-40-12-11-39-2/h3-5,27-28,30,33,36-38H,1,6-25H2,2H3/t27-,28?,30-,33-,34-,35+/m0/s1. The number of hydrogen-bond acceptors (Lipinski definition) is 12. The number of phenolic OH excluding ortho intramolecular Hbond substituents is 1. The van der Waals surface area contributed by atoms with E-state index in [0.717, 1.165) is 24.8 Å². The highest BCUT2D eigenvalue weighted by Gasteiger charge is 2.73. The minimum Gasteiger partial charge on any atom is -0.504 e. The van der Waals surface area contributed by atoms with Gasteiger partial charge >= 0.3 is 0 Å². The summed E-state index contributed by atoms with van der Waals surface area (Å²) < 4.78 is 51.0. The average molecular weight is 666 g/mol. The normalized spacial score (nSPS) is 28.6. The molecule has 2 saturated carbocycles. The molecule has 12 nitrogen and oxygen atoms in total.